The number of rotatable bonds is 47. The molecule has 0 heterocycles. The summed E-state index contributed by atoms with van der Waals surface area (Å²) in [6.07, 6.45) is 59.4. The lowest BCUT2D eigenvalue weighted by molar-refractivity contribution is -0.137. The van der Waals surface area contributed by atoms with Gasteiger partial charge in [-0.25, -0.2) is 0 Å². The first-order valence-corrected chi connectivity index (χ1v) is 25.2. The number of carboxylic acids is 1. The van der Waals surface area contributed by atoms with Crippen LogP contribution < -0.4 is 11.5 Å². The number of hydrogen-bond acceptors (Lipinski definition) is 3. The zero-order valence-corrected chi connectivity index (χ0v) is 37.9. The van der Waals surface area contributed by atoms with Gasteiger partial charge in [-0.3, -0.25) is 14.4 Å². The molecule has 0 radical (unpaired) electrons. The lowest BCUT2D eigenvalue weighted by atomic mass is 10.0. The Bertz CT molecular complexity index is 741. The van der Waals surface area contributed by atoms with Gasteiger partial charge in [0.15, 0.2) is 0 Å². The van der Waals surface area contributed by atoms with E-state index >= 15 is 0 Å². The summed E-state index contributed by atoms with van der Waals surface area (Å²) in [6, 6.07) is 0. The van der Waals surface area contributed by atoms with Crippen LogP contribution in [-0.4, -0.2) is 22.9 Å². The fourth-order valence-electron chi connectivity index (χ4n) is 7.84. The monoisotopic (exact) mass is 793 g/mol. The van der Waals surface area contributed by atoms with Gasteiger partial charge < -0.3 is 16.6 Å². The van der Waals surface area contributed by atoms with Crippen molar-refractivity contribution in [1.82, 2.24) is 0 Å². The number of hydrogen-bond donors (Lipinski definition) is 3. The molecule has 0 saturated carbocycles. The summed E-state index contributed by atoms with van der Waals surface area (Å²) in [5, 5.41) is 8.41. The Morgan fingerprint density at radius 3 is 0.554 bits per heavy atom. The average Bonchev–Trinajstić information content (AvgIpc) is 3.17. The number of carbonyl (C=O) groups is 3. The molecule has 0 saturated heterocycles. The van der Waals surface area contributed by atoms with Crippen LogP contribution in [0.5, 0.6) is 0 Å². The van der Waals surface area contributed by atoms with Gasteiger partial charge >= 0.3 is 5.97 Å². The van der Waals surface area contributed by atoms with Crippen LogP contribution >= 0.6 is 0 Å². The zero-order valence-electron chi connectivity index (χ0n) is 37.9. The highest BCUT2D eigenvalue weighted by atomic mass is 16.4. The Balaban J connectivity index is 0. The molecule has 0 atom stereocenters. The largest absolute Gasteiger partial charge is 0.481 e. The van der Waals surface area contributed by atoms with Crippen molar-refractivity contribution in [2.24, 2.45) is 11.5 Å². The van der Waals surface area contributed by atoms with Crippen molar-refractivity contribution in [3.8, 4) is 0 Å². The minimum absolute atomic E-state index is 0.152. The van der Waals surface area contributed by atoms with Crippen LogP contribution in [0.4, 0.5) is 0 Å². The summed E-state index contributed by atoms with van der Waals surface area (Å²) >= 11 is 0. The standard InChI is InChI=1S/C38H76N2O2.C12H24O2/c39-37(41)35-33-31-29-27-25-23-21-19-17-15-13-11-9-7-5-3-1-2-4-6-8-10-12-14-16-18-20-22-24-26-28-30-32-34-36-38(40)42;1-2-3-4-5-6-7-8-9-10-11-12(13)14/h1-36H2,(H2,39,41)(H2,40,42);2-11H2,1H3,(H,13,14). The molecule has 56 heavy (non-hydrogen) atoms. The third-order valence-corrected chi connectivity index (χ3v) is 11.6. The van der Waals surface area contributed by atoms with Gasteiger partial charge in [-0.15, -0.1) is 0 Å². The first-order chi connectivity index (χ1) is 27.4. The van der Waals surface area contributed by atoms with Crippen molar-refractivity contribution >= 4 is 17.8 Å². The summed E-state index contributed by atoms with van der Waals surface area (Å²) in [5.41, 5.74) is 10.3. The van der Waals surface area contributed by atoms with E-state index in [9.17, 15) is 14.4 Å². The molecule has 0 fully saturated rings. The van der Waals surface area contributed by atoms with Crippen molar-refractivity contribution < 1.29 is 19.5 Å². The quantitative estimate of drug-likeness (QED) is 0.0531. The van der Waals surface area contributed by atoms with E-state index in [0.29, 0.717) is 19.3 Å². The highest BCUT2D eigenvalue weighted by Crippen LogP contribution is 2.17. The second-order valence-electron chi connectivity index (χ2n) is 17.4. The van der Waals surface area contributed by atoms with Crippen molar-refractivity contribution in [1.29, 1.82) is 0 Å². The molecule has 0 aromatic carbocycles. The summed E-state index contributed by atoms with van der Waals surface area (Å²) < 4.78 is 0. The molecule has 6 nitrogen and oxygen atoms in total. The van der Waals surface area contributed by atoms with Crippen LogP contribution in [0.15, 0.2) is 0 Å². The minimum atomic E-state index is -0.659. The lowest BCUT2D eigenvalue weighted by Crippen LogP contribution is -2.09. The Morgan fingerprint density at radius 2 is 0.411 bits per heavy atom. The first kappa shape index (κ1) is 56.5. The topological polar surface area (TPSA) is 123 Å². The predicted molar refractivity (Wildman–Crippen MR) is 244 cm³/mol. The Kier molecular flexibility index (Phi) is 51.9. The molecule has 2 amide bonds. The predicted octanol–water partition coefficient (Wildman–Crippen LogP) is 16.0. The number of unbranched alkanes of at least 4 members (excludes halogenated alkanes) is 41. The summed E-state index contributed by atoms with van der Waals surface area (Å²) in [4.78, 5) is 31.6. The molecule has 0 spiro atoms. The van der Waals surface area contributed by atoms with Gasteiger partial charge in [0.1, 0.15) is 0 Å². The third kappa shape index (κ3) is 59.1. The summed E-state index contributed by atoms with van der Waals surface area (Å²) in [6.45, 7) is 2.23. The highest BCUT2D eigenvalue weighted by Gasteiger charge is 2.00. The molecule has 6 heteroatoms. The number of amides is 2. The summed E-state index contributed by atoms with van der Waals surface area (Å²) in [5.74, 6) is -0.963. The van der Waals surface area contributed by atoms with E-state index in [-0.39, 0.29) is 11.8 Å². The number of carboxylic acid groups (broad SMARTS) is 1. The number of carbonyl (C=O) groups excluding carboxylic acids is 2. The van der Waals surface area contributed by atoms with E-state index in [4.69, 9.17) is 16.6 Å². The lowest BCUT2D eigenvalue weighted by Gasteiger charge is -2.05. The van der Waals surface area contributed by atoms with Gasteiger partial charge in [-0.1, -0.05) is 264 Å². The van der Waals surface area contributed by atoms with Gasteiger partial charge in [-0.2, -0.15) is 0 Å². The number of nitrogens with two attached hydrogens (primary N) is 2. The maximum Gasteiger partial charge on any atom is 0.303 e. The Hall–Kier alpha value is -1.59. The number of primary amides is 2. The van der Waals surface area contributed by atoms with Crippen LogP contribution in [-0.2, 0) is 14.4 Å². The first-order valence-electron chi connectivity index (χ1n) is 25.2. The molecule has 334 valence electrons. The zero-order chi connectivity index (χ0) is 41.3. The van der Waals surface area contributed by atoms with Crippen LogP contribution in [0.3, 0.4) is 0 Å². The molecule has 0 aromatic rings. The molecule has 0 unspecified atom stereocenters. The molecule has 0 aromatic heterocycles. The van der Waals surface area contributed by atoms with Gasteiger partial charge in [-0.05, 0) is 19.3 Å². The maximum absolute atomic E-state index is 10.7. The normalized spacial score (nSPS) is 11.1. The highest BCUT2D eigenvalue weighted by molar-refractivity contribution is 5.73. The average molecular weight is 793 g/mol. The Labute approximate surface area is 350 Å². The minimum Gasteiger partial charge on any atom is -0.481 e. The molecule has 0 aliphatic rings. The molecule has 0 aliphatic carbocycles. The third-order valence-electron chi connectivity index (χ3n) is 11.6. The fourth-order valence-corrected chi connectivity index (χ4v) is 7.84. The molecular formula is C50H100N2O4. The molecule has 5 N–H and O–H groups in total. The Morgan fingerprint density at radius 1 is 0.268 bits per heavy atom. The smallest absolute Gasteiger partial charge is 0.303 e. The summed E-state index contributed by atoms with van der Waals surface area (Å²) in [7, 11) is 0. The van der Waals surface area contributed by atoms with Crippen LogP contribution in [0.1, 0.15) is 302 Å². The second-order valence-corrected chi connectivity index (χ2v) is 17.4. The second kappa shape index (κ2) is 51.4. The molecular weight excluding hydrogens is 693 g/mol. The van der Waals surface area contributed by atoms with Crippen molar-refractivity contribution in [2.75, 3.05) is 0 Å². The van der Waals surface area contributed by atoms with Gasteiger partial charge in [0.05, 0.1) is 0 Å². The van der Waals surface area contributed by atoms with E-state index in [0.717, 1.165) is 38.5 Å². The fraction of sp³-hybridized carbons (Fsp3) is 0.940. The SMILES string of the molecule is CCCCCCCCCCCC(=O)O.NC(=O)CCCCCCCCCCCCCCCCCCCCCCCCCCCCCCCCCCCCC(N)=O. The van der Waals surface area contributed by atoms with Crippen molar-refractivity contribution in [2.45, 2.75) is 302 Å². The molecule has 0 rings (SSSR count). The van der Waals surface area contributed by atoms with E-state index in [1.54, 1.807) is 0 Å². The van der Waals surface area contributed by atoms with E-state index in [1.807, 2.05) is 0 Å². The van der Waals surface area contributed by atoms with E-state index in [2.05, 4.69) is 6.92 Å². The van der Waals surface area contributed by atoms with Crippen molar-refractivity contribution in [3.05, 3.63) is 0 Å². The van der Waals surface area contributed by atoms with Gasteiger partial charge in [0.2, 0.25) is 11.8 Å². The van der Waals surface area contributed by atoms with Gasteiger partial charge in [0, 0.05) is 19.3 Å². The van der Waals surface area contributed by atoms with Crippen LogP contribution in [0, 0.1) is 0 Å². The van der Waals surface area contributed by atoms with Crippen molar-refractivity contribution in [3.63, 3.8) is 0 Å². The maximum atomic E-state index is 10.7. The van der Waals surface area contributed by atoms with Crippen LogP contribution in [0.25, 0.3) is 0 Å². The molecule has 0 bridgehead atoms. The van der Waals surface area contributed by atoms with E-state index < -0.39 is 5.97 Å². The van der Waals surface area contributed by atoms with E-state index in [1.165, 1.54) is 238 Å². The van der Waals surface area contributed by atoms with Crippen LogP contribution in [0.2, 0.25) is 0 Å². The number of aliphatic carboxylic acids is 1. The van der Waals surface area contributed by atoms with Gasteiger partial charge in [0.25, 0.3) is 0 Å². The molecule has 0 aliphatic heterocycles.